The zero-order valence-corrected chi connectivity index (χ0v) is 24.5. The monoisotopic (exact) mass is 566 g/mol. The van der Waals surface area contributed by atoms with E-state index in [2.05, 4.69) is 13.0 Å². The molecule has 7 nitrogen and oxygen atoms in total. The summed E-state index contributed by atoms with van der Waals surface area (Å²) in [6.45, 7) is 3.77. The van der Waals surface area contributed by atoms with Crippen LogP contribution in [0.3, 0.4) is 0 Å². The molecule has 2 aromatic carbocycles. The zero-order chi connectivity index (χ0) is 29.2. The van der Waals surface area contributed by atoms with Gasteiger partial charge in [0.15, 0.2) is 6.61 Å². The lowest BCUT2D eigenvalue weighted by molar-refractivity contribution is -0.156. The molecule has 4 rings (SSSR count). The Morgan fingerprint density at radius 1 is 1.00 bits per heavy atom. The van der Waals surface area contributed by atoms with Crippen molar-refractivity contribution in [2.24, 2.45) is 17.8 Å². The van der Waals surface area contributed by atoms with Crippen molar-refractivity contribution >= 4 is 11.9 Å². The molecule has 2 aliphatic rings. The van der Waals surface area contributed by atoms with Crippen LogP contribution in [0.1, 0.15) is 81.9 Å². The number of aliphatic hydroxyl groups is 2. The molecule has 2 N–H and O–H groups in total. The van der Waals surface area contributed by atoms with Crippen molar-refractivity contribution in [1.29, 1.82) is 0 Å². The lowest BCUT2D eigenvalue weighted by Crippen LogP contribution is -2.28. The Labute approximate surface area is 244 Å². The predicted molar refractivity (Wildman–Crippen MR) is 156 cm³/mol. The molecular weight excluding hydrogens is 520 g/mol. The zero-order valence-electron chi connectivity index (χ0n) is 24.5. The van der Waals surface area contributed by atoms with Crippen molar-refractivity contribution in [3.8, 4) is 5.75 Å². The Kier molecular flexibility index (Phi) is 11.6. The van der Waals surface area contributed by atoms with Crippen LogP contribution in [0.15, 0.2) is 48.5 Å². The quantitative estimate of drug-likeness (QED) is 0.215. The van der Waals surface area contributed by atoms with Gasteiger partial charge in [-0.15, -0.1) is 0 Å². The maximum Gasteiger partial charge on any atom is 0.344 e. The van der Waals surface area contributed by atoms with E-state index in [-0.39, 0.29) is 37.8 Å². The van der Waals surface area contributed by atoms with Gasteiger partial charge in [0.2, 0.25) is 0 Å². The molecule has 0 amide bonds. The second-order valence-electron chi connectivity index (χ2n) is 11.9. The van der Waals surface area contributed by atoms with Crippen molar-refractivity contribution in [2.75, 3.05) is 6.61 Å². The summed E-state index contributed by atoms with van der Waals surface area (Å²) < 4.78 is 16.6. The number of hydrogen-bond acceptors (Lipinski definition) is 7. The molecular formula is C34H46O7. The first-order valence-corrected chi connectivity index (χ1v) is 15.3. The normalized spacial score (nSPS) is 22.7. The summed E-state index contributed by atoms with van der Waals surface area (Å²) in [5, 5.41) is 21.3. The summed E-state index contributed by atoms with van der Waals surface area (Å²) in [7, 11) is 0. The minimum Gasteiger partial charge on any atom is -0.482 e. The van der Waals surface area contributed by atoms with Crippen molar-refractivity contribution in [2.45, 2.75) is 103 Å². The third-order valence-corrected chi connectivity index (χ3v) is 8.69. The molecule has 2 aromatic rings. The number of unbranched alkanes of at least 4 members (excludes halogenated alkanes) is 2. The molecule has 0 heterocycles. The highest BCUT2D eigenvalue weighted by Gasteiger charge is 2.44. The van der Waals surface area contributed by atoms with Gasteiger partial charge in [0.25, 0.3) is 0 Å². The average molecular weight is 567 g/mol. The molecule has 0 radical (unpaired) electrons. The van der Waals surface area contributed by atoms with Crippen LogP contribution in [0, 0.1) is 17.8 Å². The molecule has 0 spiro atoms. The first kappa shape index (κ1) is 31.0. The van der Waals surface area contributed by atoms with Crippen LogP contribution in [0.5, 0.6) is 5.75 Å². The number of carbonyl (C=O) groups excluding carboxylic acids is 2. The summed E-state index contributed by atoms with van der Waals surface area (Å²) in [5.74, 6) is 0.672. The Hall–Kier alpha value is -2.90. The maximum absolute atomic E-state index is 12.5. The van der Waals surface area contributed by atoms with Gasteiger partial charge in [-0.3, -0.25) is 4.79 Å². The molecule has 1 fully saturated rings. The first-order chi connectivity index (χ1) is 19.8. The van der Waals surface area contributed by atoms with E-state index in [1.165, 1.54) is 5.56 Å². The Morgan fingerprint density at radius 3 is 2.59 bits per heavy atom. The molecule has 1 saturated carbocycles. The second kappa shape index (κ2) is 15.4. The van der Waals surface area contributed by atoms with E-state index in [4.69, 9.17) is 14.2 Å². The summed E-state index contributed by atoms with van der Waals surface area (Å²) in [4.78, 5) is 24.6. The highest BCUT2D eigenvalue weighted by molar-refractivity contribution is 5.73. The number of fused-ring (bicyclic) bond motifs is 2. The molecule has 224 valence electrons. The van der Waals surface area contributed by atoms with Crippen LogP contribution in [0.2, 0.25) is 0 Å². The van der Waals surface area contributed by atoms with Crippen LogP contribution >= 0.6 is 0 Å². The van der Waals surface area contributed by atoms with Gasteiger partial charge in [0, 0.05) is 0 Å². The largest absolute Gasteiger partial charge is 0.482 e. The molecule has 3 unspecified atom stereocenters. The smallest absolute Gasteiger partial charge is 0.344 e. The van der Waals surface area contributed by atoms with E-state index < -0.39 is 18.0 Å². The van der Waals surface area contributed by atoms with Gasteiger partial charge in [0.05, 0.1) is 18.6 Å². The third kappa shape index (κ3) is 9.04. The number of rotatable bonds is 15. The third-order valence-electron chi connectivity index (χ3n) is 8.69. The minimum absolute atomic E-state index is 0.0262. The topological polar surface area (TPSA) is 102 Å². The van der Waals surface area contributed by atoms with Crippen molar-refractivity contribution in [3.05, 3.63) is 65.2 Å². The number of ether oxygens (including phenoxy) is 3. The van der Waals surface area contributed by atoms with Crippen LogP contribution in [0.25, 0.3) is 0 Å². The highest BCUT2D eigenvalue weighted by Crippen LogP contribution is 2.48. The lowest BCUT2D eigenvalue weighted by atomic mass is 9.73. The van der Waals surface area contributed by atoms with Gasteiger partial charge < -0.3 is 24.4 Å². The van der Waals surface area contributed by atoms with E-state index in [1.807, 2.05) is 42.5 Å². The number of esters is 2. The van der Waals surface area contributed by atoms with Crippen molar-refractivity contribution in [3.63, 3.8) is 0 Å². The van der Waals surface area contributed by atoms with Crippen LogP contribution < -0.4 is 4.74 Å². The molecule has 6 atom stereocenters. The van der Waals surface area contributed by atoms with Crippen LogP contribution in [-0.4, -0.2) is 47.1 Å². The molecule has 41 heavy (non-hydrogen) atoms. The number of benzene rings is 2. The summed E-state index contributed by atoms with van der Waals surface area (Å²) in [6, 6.07) is 15.4. The van der Waals surface area contributed by atoms with Crippen LogP contribution in [-0.2, 0) is 38.5 Å². The molecule has 2 aliphatic carbocycles. The Bertz CT molecular complexity index is 1120. The van der Waals surface area contributed by atoms with Crippen LogP contribution in [0.4, 0.5) is 0 Å². The fourth-order valence-electron chi connectivity index (χ4n) is 6.57. The highest BCUT2D eigenvalue weighted by atomic mass is 16.6. The summed E-state index contributed by atoms with van der Waals surface area (Å²) in [5.41, 5.74) is 3.21. The van der Waals surface area contributed by atoms with Gasteiger partial charge in [0.1, 0.15) is 18.5 Å². The molecule has 0 saturated heterocycles. The summed E-state index contributed by atoms with van der Waals surface area (Å²) >= 11 is 0. The SMILES string of the molecule is CCCCC[C@H](O)CCC1C2Cc3cccc(OCC(=O)OC(C)CC(=O)OCc4ccccc4)c3C[C@H]2C[C@H]1O. The number of aliphatic hydroxyl groups excluding tert-OH is 2. The Morgan fingerprint density at radius 2 is 1.80 bits per heavy atom. The van der Waals surface area contributed by atoms with Gasteiger partial charge in [-0.1, -0.05) is 68.7 Å². The Balaban J connectivity index is 1.24. The van der Waals surface area contributed by atoms with E-state index >= 15 is 0 Å². The van der Waals surface area contributed by atoms with E-state index in [0.717, 1.165) is 68.9 Å². The molecule has 0 aromatic heterocycles. The van der Waals surface area contributed by atoms with Gasteiger partial charge in [-0.05, 0) is 86.0 Å². The fourth-order valence-corrected chi connectivity index (χ4v) is 6.57. The molecule has 7 heteroatoms. The number of hydrogen-bond donors (Lipinski definition) is 2. The standard InChI is InChI=1S/C34H46O7/c1-3-4-6-13-27(35)15-16-28-29-18-25-12-9-14-32(30(25)19-26(29)20-31(28)36)39-22-34(38)41-23(2)17-33(37)40-21-24-10-7-5-8-11-24/h5,7-12,14,23,26-29,31,35-36H,3-4,6,13,15-22H2,1-2H3/t23?,26-,27-,28?,29?,31+/m0/s1. The van der Waals surface area contributed by atoms with E-state index in [9.17, 15) is 19.8 Å². The van der Waals surface area contributed by atoms with E-state index in [1.54, 1.807) is 6.92 Å². The molecule has 0 bridgehead atoms. The average Bonchev–Trinajstić information content (AvgIpc) is 3.26. The second-order valence-corrected chi connectivity index (χ2v) is 11.9. The van der Waals surface area contributed by atoms with E-state index in [0.29, 0.717) is 17.6 Å². The fraction of sp³-hybridized carbons (Fsp3) is 0.588. The van der Waals surface area contributed by atoms with Crippen molar-refractivity contribution in [1.82, 2.24) is 0 Å². The summed E-state index contributed by atoms with van der Waals surface area (Å²) in [6.07, 6.45) is 6.95. The van der Waals surface area contributed by atoms with Gasteiger partial charge >= 0.3 is 11.9 Å². The number of carbonyl (C=O) groups is 2. The van der Waals surface area contributed by atoms with Gasteiger partial charge in [-0.25, -0.2) is 4.79 Å². The predicted octanol–water partition coefficient (Wildman–Crippen LogP) is 5.56. The van der Waals surface area contributed by atoms with Gasteiger partial charge in [-0.2, -0.15) is 0 Å². The van der Waals surface area contributed by atoms with Crippen molar-refractivity contribution < 1.29 is 34.0 Å². The molecule has 0 aliphatic heterocycles. The maximum atomic E-state index is 12.5. The minimum atomic E-state index is -0.623. The first-order valence-electron chi connectivity index (χ1n) is 15.3. The lowest BCUT2D eigenvalue weighted by Gasteiger charge is -2.32.